The first-order valence-corrected chi connectivity index (χ1v) is 8.76. The molecular formula is C17H10Cl3N3O2S. The fourth-order valence-corrected chi connectivity index (χ4v) is 2.73. The number of hydrogen-bond acceptors (Lipinski definition) is 4. The molecule has 0 saturated carbocycles. The number of hydrogen-bond donors (Lipinski definition) is 2. The Bertz CT molecular complexity index is 991. The molecule has 2 N–H and O–H groups in total. The molecule has 2 heterocycles. The Kier molecular flexibility index (Phi) is 5.78. The van der Waals surface area contributed by atoms with Crippen molar-refractivity contribution in [2.45, 2.75) is 0 Å². The lowest BCUT2D eigenvalue weighted by Crippen LogP contribution is -2.34. The molecule has 132 valence electrons. The van der Waals surface area contributed by atoms with Crippen molar-refractivity contribution in [2.75, 3.05) is 5.32 Å². The summed E-state index contributed by atoms with van der Waals surface area (Å²) in [6.45, 7) is 0. The summed E-state index contributed by atoms with van der Waals surface area (Å²) in [6, 6.07) is 11.6. The summed E-state index contributed by atoms with van der Waals surface area (Å²) < 4.78 is 5.56. The van der Waals surface area contributed by atoms with Gasteiger partial charge in [0.25, 0.3) is 5.91 Å². The third-order valence-corrected chi connectivity index (χ3v) is 4.51. The van der Waals surface area contributed by atoms with Crippen LogP contribution >= 0.6 is 47.0 Å². The number of thiocarbonyl (C=S) groups is 1. The second kappa shape index (κ2) is 8.05. The molecule has 0 aliphatic rings. The highest BCUT2D eigenvalue weighted by Crippen LogP contribution is 2.29. The first kappa shape index (κ1) is 18.7. The third kappa shape index (κ3) is 4.34. The Hall–Kier alpha value is -2.12. The van der Waals surface area contributed by atoms with E-state index >= 15 is 0 Å². The lowest BCUT2D eigenvalue weighted by atomic mass is 10.2. The highest BCUT2D eigenvalue weighted by atomic mass is 35.5. The highest BCUT2D eigenvalue weighted by Gasteiger charge is 2.15. The van der Waals surface area contributed by atoms with Gasteiger partial charge >= 0.3 is 0 Å². The van der Waals surface area contributed by atoms with Crippen LogP contribution in [0.5, 0.6) is 0 Å². The van der Waals surface area contributed by atoms with Crippen molar-refractivity contribution in [3.63, 3.8) is 0 Å². The van der Waals surface area contributed by atoms with E-state index in [0.717, 1.165) is 0 Å². The minimum atomic E-state index is -0.506. The van der Waals surface area contributed by atoms with Crippen molar-refractivity contribution in [2.24, 2.45) is 0 Å². The van der Waals surface area contributed by atoms with Crippen LogP contribution in [0.3, 0.4) is 0 Å². The fraction of sp³-hybridized carbons (Fsp3) is 0. The van der Waals surface area contributed by atoms with E-state index in [0.29, 0.717) is 27.1 Å². The van der Waals surface area contributed by atoms with Crippen LogP contribution in [0, 0.1) is 0 Å². The van der Waals surface area contributed by atoms with E-state index in [2.05, 4.69) is 15.6 Å². The average Bonchev–Trinajstić information content (AvgIpc) is 3.09. The number of nitrogens with zero attached hydrogens (tertiary/aromatic N) is 1. The number of pyridine rings is 1. The van der Waals surface area contributed by atoms with Crippen LogP contribution in [0.15, 0.2) is 53.1 Å². The largest absolute Gasteiger partial charge is 0.451 e. The van der Waals surface area contributed by atoms with Gasteiger partial charge in [-0.25, -0.2) is 4.98 Å². The molecule has 3 aromatic rings. The number of rotatable bonds is 3. The standard InChI is InChI=1S/C17H10Cl3N3O2S/c18-10-4-3-9(8-11(10)19)13-5-6-14(25-13)16(24)23-17(26)22-12-2-1-7-21-15(12)20/h1-8H,(H2,22,23,24,26). The van der Waals surface area contributed by atoms with Crippen molar-refractivity contribution in [3.8, 4) is 11.3 Å². The SMILES string of the molecule is O=C(NC(=S)Nc1cccnc1Cl)c1ccc(-c2ccc(Cl)c(Cl)c2)o1. The van der Waals surface area contributed by atoms with Crippen LogP contribution in [0.1, 0.15) is 10.6 Å². The first-order chi connectivity index (χ1) is 12.4. The Labute approximate surface area is 169 Å². The molecule has 2 aromatic heterocycles. The maximum absolute atomic E-state index is 12.3. The maximum Gasteiger partial charge on any atom is 0.293 e. The molecule has 1 amide bonds. The monoisotopic (exact) mass is 425 g/mol. The fourth-order valence-electron chi connectivity index (χ4n) is 2.06. The van der Waals surface area contributed by atoms with Gasteiger partial charge in [-0.05, 0) is 54.7 Å². The first-order valence-electron chi connectivity index (χ1n) is 7.22. The Morgan fingerprint density at radius 1 is 1.08 bits per heavy atom. The summed E-state index contributed by atoms with van der Waals surface area (Å²) in [5, 5.41) is 6.44. The molecule has 0 unspecified atom stereocenters. The van der Waals surface area contributed by atoms with Crippen LogP contribution in [0.2, 0.25) is 15.2 Å². The van der Waals surface area contributed by atoms with Gasteiger partial charge in [-0.2, -0.15) is 0 Å². The van der Waals surface area contributed by atoms with Crippen molar-refractivity contribution in [1.29, 1.82) is 0 Å². The second-order valence-corrected chi connectivity index (χ2v) is 6.62. The summed E-state index contributed by atoms with van der Waals surface area (Å²) >= 11 is 22.9. The third-order valence-electron chi connectivity index (χ3n) is 3.27. The minimum Gasteiger partial charge on any atom is -0.451 e. The van der Waals surface area contributed by atoms with E-state index in [-0.39, 0.29) is 16.0 Å². The van der Waals surface area contributed by atoms with E-state index < -0.39 is 5.91 Å². The molecule has 0 aliphatic heterocycles. The number of carbonyl (C=O) groups excluding carboxylic acids is 1. The van der Waals surface area contributed by atoms with Crippen molar-refractivity contribution >= 4 is 63.7 Å². The summed E-state index contributed by atoms with van der Waals surface area (Å²) in [6.07, 6.45) is 1.54. The van der Waals surface area contributed by atoms with Gasteiger partial charge in [-0.15, -0.1) is 0 Å². The zero-order chi connectivity index (χ0) is 18.7. The summed E-state index contributed by atoms with van der Waals surface area (Å²) in [7, 11) is 0. The normalized spacial score (nSPS) is 10.4. The zero-order valence-corrected chi connectivity index (χ0v) is 16.0. The smallest absolute Gasteiger partial charge is 0.293 e. The molecular weight excluding hydrogens is 417 g/mol. The lowest BCUT2D eigenvalue weighted by molar-refractivity contribution is 0.0951. The topological polar surface area (TPSA) is 67.2 Å². The molecule has 26 heavy (non-hydrogen) atoms. The van der Waals surface area contributed by atoms with E-state index in [9.17, 15) is 4.79 Å². The lowest BCUT2D eigenvalue weighted by Gasteiger charge is -2.09. The predicted octanol–water partition coefficient (Wildman–Crippen LogP) is 5.43. The molecule has 9 heteroatoms. The number of carbonyl (C=O) groups is 1. The van der Waals surface area contributed by atoms with Gasteiger partial charge in [0, 0.05) is 11.8 Å². The Morgan fingerprint density at radius 2 is 1.88 bits per heavy atom. The number of amides is 1. The Balaban J connectivity index is 1.69. The van der Waals surface area contributed by atoms with E-state index in [1.165, 1.54) is 6.07 Å². The van der Waals surface area contributed by atoms with Crippen LogP contribution < -0.4 is 10.6 Å². The quantitative estimate of drug-likeness (QED) is 0.432. The van der Waals surface area contributed by atoms with E-state index in [4.69, 9.17) is 51.4 Å². The maximum atomic E-state index is 12.3. The number of halogens is 3. The predicted molar refractivity (Wildman–Crippen MR) is 107 cm³/mol. The van der Waals surface area contributed by atoms with Gasteiger partial charge in [0.2, 0.25) is 0 Å². The second-order valence-electron chi connectivity index (χ2n) is 5.04. The summed E-state index contributed by atoms with van der Waals surface area (Å²) in [4.78, 5) is 16.2. The molecule has 0 radical (unpaired) electrons. The molecule has 0 aliphatic carbocycles. The van der Waals surface area contributed by atoms with Gasteiger partial charge in [0.15, 0.2) is 16.0 Å². The van der Waals surface area contributed by atoms with Crippen molar-refractivity contribution in [1.82, 2.24) is 10.3 Å². The summed E-state index contributed by atoms with van der Waals surface area (Å²) in [5.74, 6) is 0.0595. The molecule has 1 aromatic carbocycles. The van der Waals surface area contributed by atoms with E-state index in [1.54, 1.807) is 42.6 Å². The molecule has 5 nitrogen and oxygen atoms in total. The van der Waals surface area contributed by atoms with E-state index in [1.807, 2.05) is 0 Å². The van der Waals surface area contributed by atoms with Crippen LogP contribution in [-0.2, 0) is 0 Å². The van der Waals surface area contributed by atoms with Gasteiger partial charge in [0.1, 0.15) is 5.76 Å². The van der Waals surface area contributed by atoms with Crippen LogP contribution in [0.25, 0.3) is 11.3 Å². The van der Waals surface area contributed by atoms with Crippen molar-refractivity contribution < 1.29 is 9.21 Å². The van der Waals surface area contributed by atoms with Gasteiger partial charge in [-0.3, -0.25) is 10.1 Å². The molecule has 0 spiro atoms. The average molecular weight is 427 g/mol. The number of aromatic nitrogens is 1. The van der Waals surface area contributed by atoms with Gasteiger partial charge in [-0.1, -0.05) is 34.8 Å². The Morgan fingerprint density at radius 3 is 2.62 bits per heavy atom. The summed E-state index contributed by atoms with van der Waals surface area (Å²) in [5.41, 5.74) is 1.18. The van der Waals surface area contributed by atoms with Crippen LogP contribution in [-0.4, -0.2) is 16.0 Å². The zero-order valence-electron chi connectivity index (χ0n) is 12.9. The molecule has 0 fully saturated rings. The number of nitrogens with one attached hydrogen (secondary N) is 2. The minimum absolute atomic E-state index is 0.0670. The van der Waals surface area contributed by atoms with Crippen molar-refractivity contribution in [3.05, 3.63) is 69.6 Å². The molecule has 0 saturated heterocycles. The number of furan rings is 1. The van der Waals surface area contributed by atoms with Gasteiger partial charge < -0.3 is 9.73 Å². The van der Waals surface area contributed by atoms with Gasteiger partial charge in [0.05, 0.1) is 15.7 Å². The highest BCUT2D eigenvalue weighted by molar-refractivity contribution is 7.80. The van der Waals surface area contributed by atoms with Crippen LogP contribution in [0.4, 0.5) is 5.69 Å². The molecule has 0 bridgehead atoms. The number of anilines is 1. The molecule has 0 atom stereocenters. The number of benzene rings is 1. The molecule has 3 rings (SSSR count).